The molecule has 156 valence electrons. The maximum absolute atomic E-state index is 12.9. The quantitative estimate of drug-likeness (QED) is 0.558. The van der Waals surface area contributed by atoms with Gasteiger partial charge < -0.3 is 14.2 Å². The van der Waals surface area contributed by atoms with Gasteiger partial charge in [-0.05, 0) is 57.0 Å². The number of carbonyl (C=O) groups is 2. The summed E-state index contributed by atoms with van der Waals surface area (Å²) in [6.07, 6.45) is 1.08. The van der Waals surface area contributed by atoms with E-state index in [2.05, 4.69) is 4.98 Å². The van der Waals surface area contributed by atoms with Crippen LogP contribution in [0.5, 0.6) is 11.5 Å². The zero-order valence-corrected chi connectivity index (χ0v) is 17.7. The Hall–Kier alpha value is -3.67. The number of pyridine rings is 1. The second-order valence-electron chi connectivity index (χ2n) is 8.25. The van der Waals surface area contributed by atoms with Crippen molar-refractivity contribution in [2.45, 2.75) is 39.4 Å². The summed E-state index contributed by atoms with van der Waals surface area (Å²) in [5.74, 6) is 0.168. The van der Waals surface area contributed by atoms with Crippen molar-refractivity contribution < 1.29 is 23.8 Å². The fourth-order valence-corrected chi connectivity index (χ4v) is 4.21. The number of fused-ring (bicyclic) bond motifs is 6. The average molecular weight is 415 g/mol. The van der Waals surface area contributed by atoms with Gasteiger partial charge in [0.2, 0.25) is 0 Å². The second-order valence-corrected chi connectivity index (χ2v) is 8.25. The zero-order valence-electron chi connectivity index (χ0n) is 17.7. The van der Waals surface area contributed by atoms with E-state index < -0.39 is 17.5 Å². The summed E-state index contributed by atoms with van der Waals surface area (Å²) in [6.45, 7) is 7.50. The molecule has 0 bridgehead atoms. The van der Waals surface area contributed by atoms with Crippen molar-refractivity contribution in [2.75, 3.05) is 0 Å². The lowest BCUT2D eigenvalue weighted by molar-refractivity contribution is 0.0221. The number of nitrogens with zero attached hydrogens (tertiary/aromatic N) is 1. The van der Waals surface area contributed by atoms with Crippen LogP contribution in [0.25, 0.3) is 0 Å². The van der Waals surface area contributed by atoms with E-state index in [9.17, 15) is 9.59 Å². The Morgan fingerprint density at radius 1 is 0.968 bits per heavy atom. The highest BCUT2D eigenvalue weighted by molar-refractivity contribution is 5.97. The van der Waals surface area contributed by atoms with Gasteiger partial charge in [0, 0.05) is 22.9 Å². The summed E-state index contributed by atoms with van der Waals surface area (Å²) < 4.78 is 17.6. The van der Waals surface area contributed by atoms with Crippen molar-refractivity contribution >= 4 is 11.9 Å². The van der Waals surface area contributed by atoms with Crippen molar-refractivity contribution in [3.8, 4) is 11.5 Å². The maximum atomic E-state index is 12.9. The van der Waals surface area contributed by atoms with E-state index in [1.165, 1.54) is 6.20 Å². The number of aryl methyl sites for hydroxylation is 2. The third-order valence-electron chi connectivity index (χ3n) is 5.54. The minimum absolute atomic E-state index is 0.182. The molecular weight excluding hydrogens is 394 g/mol. The van der Waals surface area contributed by atoms with E-state index in [4.69, 9.17) is 14.2 Å². The van der Waals surface area contributed by atoms with Crippen LogP contribution in [0.3, 0.4) is 0 Å². The molecule has 0 N–H and O–H groups in total. The SMILES string of the molecule is Cc1ccc2c(c1)Oc1cc(C)ccc1C21OC(=O)c2ncc(C(=O)OC(C)C)cc21. The van der Waals surface area contributed by atoms with Crippen LogP contribution in [0.1, 0.15) is 62.5 Å². The molecule has 0 saturated heterocycles. The number of hydrogen-bond donors (Lipinski definition) is 0. The van der Waals surface area contributed by atoms with Gasteiger partial charge in [-0.3, -0.25) is 0 Å². The van der Waals surface area contributed by atoms with Crippen LogP contribution in [0.2, 0.25) is 0 Å². The van der Waals surface area contributed by atoms with Gasteiger partial charge in [-0.1, -0.05) is 24.3 Å². The van der Waals surface area contributed by atoms with E-state index >= 15 is 0 Å². The molecule has 6 nitrogen and oxygen atoms in total. The van der Waals surface area contributed by atoms with Gasteiger partial charge in [0.25, 0.3) is 0 Å². The Labute approximate surface area is 179 Å². The predicted molar refractivity (Wildman–Crippen MR) is 113 cm³/mol. The van der Waals surface area contributed by atoms with Gasteiger partial charge in [-0.2, -0.15) is 0 Å². The van der Waals surface area contributed by atoms with Crippen molar-refractivity contribution in [3.63, 3.8) is 0 Å². The Balaban J connectivity index is 1.80. The smallest absolute Gasteiger partial charge is 0.358 e. The lowest BCUT2D eigenvalue weighted by Crippen LogP contribution is -2.33. The van der Waals surface area contributed by atoms with Gasteiger partial charge in [-0.25, -0.2) is 14.6 Å². The summed E-state index contributed by atoms with van der Waals surface area (Å²) in [5.41, 5.74) is 3.12. The molecule has 3 heterocycles. The van der Waals surface area contributed by atoms with Crippen LogP contribution in [0.4, 0.5) is 0 Å². The first-order valence-corrected chi connectivity index (χ1v) is 10.1. The monoisotopic (exact) mass is 415 g/mol. The summed E-state index contributed by atoms with van der Waals surface area (Å²) in [6, 6.07) is 13.2. The first-order chi connectivity index (χ1) is 14.8. The molecule has 0 aliphatic carbocycles. The van der Waals surface area contributed by atoms with Crippen molar-refractivity contribution in [3.05, 3.63) is 87.7 Å². The maximum Gasteiger partial charge on any atom is 0.358 e. The number of rotatable bonds is 2. The molecule has 0 atom stereocenters. The normalized spacial score (nSPS) is 15.1. The molecule has 5 rings (SSSR count). The minimum Gasteiger partial charge on any atom is -0.459 e. The first kappa shape index (κ1) is 19.3. The third-order valence-corrected chi connectivity index (χ3v) is 5.54. The van der Waals surface area contributed by atoms with Gasteiger partial charge in [0.05, 0.1) is 11.7 Å². The Morgan fingerprint density at radius 2 is 1.58 bits per heavy atom. The van der Waals surface area contributed by atoms with Crippen LogP contribution in [-0.2, 0) is 15.1 Å². The summed E-state index contributed by atoms with van der Waals surface area (Å²) in [5, 5.41) is 0. The van der Waals surface area contributed by atoms with E-state index in [0.717, 1.165) is 11.1 Å². The molecule has 0 radical (unpaired) electrons. The molecular formula is C25H21NO5. The second kappa shape index (κ2) is 6.67. The lowest BCUT2D eigenvalue weighted by atomic mass is 9.77. The molecule has 6 heteroatoms. The number of hydrogen-bond acceptors (Lipinski definition) is 6. The Kier molecular flexibility index (Phi) is 4.15. The molecule has 2 aliphatic heterocycles. The van der Waals surface area contributed by atoms with Crippen molar-refractivity contribution in [2.24, 2.45) is 0 Å². The molecule has 3 aromatic rings. The molecule has 2 aromatic carbocycles. The van der Waals surface area contributed by atoms with E-state index in [0.29, 0.717) is 28.2 Å². The van der Waals surface area contributed by atoms with E-state index in [1.807, 2.05) is 50.2 Å². The largest absolute Gasteiger partial charge is 0.459 e. The zero-order chi connectivity index (χ0) is 21.9. The minimum atomic E-state index is -1.25. The van der Waals surface area contributed by atoms with Crippen LogP contribution >= 0.6 is 0 Å². The fraction of sp³-hybridized carbons (Fsp3) is 0.240. The molecule has 0 fully saturated rings. The first-order valence-electron chi connectivity index (χ1n) is 10.1. The van der Waals surface area contributed by atoms with Gasteiger partial charge >= 0.3 is 11.9 Å². The molecule has 0 amide bonds. The number of esters is 2. The molecule has 2 aliphatic rings. The third kappa shape index (κ3) is 2.82. The highest BCUT2D eigenvalue weighted by atomic mass is 16.6. The molecule has 1 spiro atoms. The number of aromatic nitrogens is 1. The number of carbonyl (C=O) groups excluding carboxylic acids is 2. The lowest BCUT2D eigenvalue weighted by Gasteiger charge is -2.36. The molecule has 0 unspecified atom stereocenters. The van der Waals surface area contributed by atoms with Crippen LogP contribution in [-0.4, -0.2) is 23.0 Å². The Morgan fingerprint density at radius 3 is 2.16 bits per heavy atom. The topological polar surface area (TPSA) is 74.7 Å². The molecule has 0 saturated carbocycles. The Bertz CT molecular complexity index is 1210. The van der Waals surface area contributed by atoms with Crippen molar-refractivity contribution in [1.29, 1.82) is 0 Å². The average Bonchev–Trinajstić information content (AvgIpc) is 2.99. The van der Waals surface area contributed by atoms with Gasteiger partial charge in [-0.15, -0.1) is 0 Å². The standard InChI is InChI=1S/C25H21NO5/c1-13(2)29-23(27)16-11-19-22(26-12-16)24(28)31-25(19)17-7-5-14(3)9-20(17)30-21-10-15(4)6-8-18(21)25/h5-13H,1-4H3. The fourth-order valence-electron chi connectivity index (χ4n) is 4.21. The summed E-state index contributed by atoms with van der Waals surface area (Å²) >= 11 is 0. The highest BCUT2D eigenvalue weighted by Crippen LogP contribution is 2.56. The summed E-state index contributed by atoms with van der Waals surface area (Å²) in [4.78, 5) is 29.8. The van der Waals surface area contributed by atoms with E-state index in [-0.39, 0.29) is 17.4 Å². The summed E-state index contributed by atoms with van der Waals surface area (Å²) in [7, 11) is 0. The van der Waals surface area contributed by atoms with Crippen LogP contribution < -0.4 is 4.74 Å². The molecule has 1 aromatic heterocycles. The van der Waals surface area contributed by atoms with Crippen LogP contribution in [0.15, 0.2) is 48.7 Å². The predicted octanol–water partition coefficient (Wildman–Crippen LogP) is 4.83. The van der Waals surface area contributed by atoms with E-state index in [1.54, 1.807) is 19.9 Å². The van der Waals surface area contributed by atoms with Gasteiger partial charge in [0.1, 0.15) is 11.5 Å². The highest BCUT2D eigenvalue weighted by Gasteiger charge is 2.54. The van der Waals surface area contributed by atoms with Crippen LogP contribution in [0, 0.1) is 13.8 Å². The number of ether oxygens (including phenoxy) is 3. The van der Waals surface area contributed by atoms with Gasteiger partial charge in [0.15, 0.2) is 11.3 Å². The number of benzene rings is 2. The molecule has 31 heavy (non-hydrogen) atoms. The van der Waals surface area contributed by atoms with Crippen molar-refractivity contribution in [1.82, 2.24) is 4.98 Å².